The summed E-state index contributed by atoms with van der Waals surface area (Å²) in [5.41, 5.74) is 0.139. The second kappa shape index (κ2) is 7.10. The minimum absolute atomic E-state index is 0.139. The predicted molar refractivity (Wildman–Crippen MR) is 73.4 cm³/mol. The Labute approximate surface area is 111 Å². The van der Waals surface area contributed by atoms with Gasteiger partial charge in [0.25, 0.3) is 0 Å². The first-order valence-corrected chi connectivity index (χ1v) is 7.11. The van der Waals surface area contributed by atoms with Gasteiger partial charge in [-0.2, -0.15) is 0 Å². The Kier molecular flexibility index (Phi) is 6.09. The highest BCUT2D eigenvalue weighted by Crippen LogP contribution is 2.26. The molecule has 106 valence electrons. The lowest BCUT2D eigenvalue weighted by Crippen LogP contribution is -2.41. The minimum atomic E-state index is 0.139. The Morgan fingerprint density at radius 2 is 2.11 bits per heavy atom. The zero-order chi connectivity index (χ0) is 13.6. The summed E-state index contributed by atoms with van der Waals surface area (Å²) in [5, 5.41) is 12.1. The molecule has 0 unspecified atom stereocenters. The van der Waals surface area contributed by atoms with Crippen LogP contribution in [0.1, 0.15) is 46.5 Å². The van der Waals surface area contributed by atoms with Crippen LogP contribution in [0.5, 0.6) is 0 Å². The maximum Gasteiger partial charge on any atom is 0.236 e. The standard InChI is InChI=1S/C14H28N2O2/c1-4-16(12-6-7-12)13(18)10-15-11-14(2,3)8-5-9-17/h12,15,17H,4-11H2,1-3H3. The van der Waals surface area contributed by atoms with Gasteiger partial charge in [0.15, 0.2) is 0 Å². The summed E-state index contributed by atoms with van der Waals surface area (Å²) in [6, 6.07) is 0.506. The highest BCUT2D eigenvalue weighted by molar-refractivity contribution is 5.78. The fourth-order valence-corrected chi connectivity index (χ4v) is 2.28. The van der Waals surface area contributed by atoms with Crippen molar-refractivity contribution >= 4 is 5.91 Å². The molecule has 0 aromatic carbocycles. The van der Waals surface area contributed by atoms with Crippen molar-refractivity contribution in [2.75, 3.05) is 26.2 Å². The molecule has 1 rings (SSSR count). The molecular weight excluding hydrogens is 228 g/mol. The summed E-state index contributed by atoms with van der Waals surface area (Å²) >= 11 is 0. The number of nitrogens with zero attached hydrogens (tertiary/aromatic N) is 1. The average Bonchev–Trinajstić information content (AvgIpc) is 3.12. The lowest BCUT2D eigenvalue weighted by Gasteiger charge is -2.26. The predicted octanol–water partition coefficient (Wildman–Crippen LogP) is 1.39. The number of likely N-dealkylation sites (N-methyl/N-ethyl adjacent to an activating group) is 1. The van der Waals surface area contributed by atoms with Crippen LogP contribution in [-0.4, -0.2) is 48.2 Å². The number of aliphatic hydroxyl groups is 1. The third-order valence-electron chi connectivity index (χ3n) is 3.54. The SMILES string of the molecule is CCN(C(=O)CNCC(C)(C)CCCO)C1CC1. The van der Waals surface area contributed by atoms with Gasteiger partial charge in [-0.25, -0.2) is 0 Å². The third kappa shape index (κ3) is 5.36. The van der Waals surface area contributed by atoms with Gasteiger partial charge in [-0.3, -0.25) is 4.79 Å². The van der Waals surface area contributed by atoms with Crippen molar-refractivity contribution in [3.8, 4) is 0 Å². The van der Waals surface area contributed by atoms with Gasteiger partial charge in [0.2, 0.25) is 5.91 Å². The van der Waals surface area contributed by atoms with Crippen molar-refractivity contribution in [3.63, 3.8) is 0 Å². The summed E-state index contributed by atoms with van der Waals surface area (Å²) in [5.74, 6) is 0.220. The summed E-state index contributed by atoms with van der Waals surface area (Å²) in [6.45, 7) is 8.69. The Morgan fingerprint density at radius 3 is 2.61 bits per heavy atom. The smallest absolute Gasteiger partial charge is 0.236 e. The van der Waals surface area contributed by atoms with Crippen LogP contribution in [0, 0.1) is 5.41 Å². The molecule has 2 N–H and O–H groups in total. The summed E-state index contributed by atoms with van der Waals surface area (Å²) in [7, 11) is 0. The number of carbonyl (C=O) groups excluding carboxylic acids is 1. The molecule has 1 aliphatic carbocycles. The number of rotatable bonds is 9. The Bertz CT molecular complexity index is 263. The number of nitrogens with one attached hydrogen (secondary N) is 1. The second-order valence-electron chi connectivity index (χ2n) is 6.01. The van der Waals surface area contributed by atoms with Crippen molar-refractivity contribution in [3.05, 3.63) is 0 Å². The zero-order valence-electron chi connectivity index (χ0n) is 12.0. The Morgan fingerprint density at radius 1 is 1.44 bits per heavy atom. The molecule has 4 nitrogen and oxygen atoms in total. The molecule has 18 heavy (non-hydrogen) atoms. The average molecular weight is 256 g/mol. The van der Waals surface area contributed by atoms with Crippen LogP contribution in [0.3, 0.4) is 0 Å². The largest absolute Gasteiger partial charge is 0.396 e. The number of hydrogen-bond donors (Lipinski definition) is 2. The molecule has 1 amide bonds. The van der Waals surface area contributed by atoms with E-state index in [1.807, 2.05) is 11.8 Å². The summed E-state index contributed by atoms with van der Waals surface area (Å²) in [6.07, 6.45) is 4.14. The highest BCUT2D eigenvalue weighted by atomic mass is 16.2. The van der Waals surface area contributed by atoms with Gasteiger partial charge < -0.3 is 15.3 Å². The summed E-state index contributed by atoms with van der Waals surface area (Å²) < 4.78 is 0. The van der Waals surface area contributed by atoms with E-state index in [1.54, 1.807) is 0 Å². The van der Waals surface area contributed by atoms with Crippen LogP contribution in [0.15, 0.2) is 0 Å². The molecule has 4 heteroatoms. The Hall–Kier alpha value is -0.610. The fraction of sp³-hybridized carbons (Fsp3) is 0.929. The molecule has 1 saturated carbocycles. The first-order chi connectivity index (χ1) is 8.50. The van der Waals surface area contributed by atoms with E-state index in [1.165, 1.54) is 12.8 Å². The van der Waals surface area contributed by atoms with E-state index in [-0.39, 0.29) is 17.9 Å². The van der Waals surface area contributed by atoms with Gasteiger partial charge >= 0.3 is 0 Å². The molecule has 0 aliphatic heterocycles. The van der Waals surface area contributed by atoms with E-state index < -0.39 is 0 Å². The molecule has 0 atom stereocenters. The van der Waals surface area contributed by atoms with Crippen LogP contribution < -0.4 is 5.32 Å². The van der Waals surface area contributed by atoms with Crippen molar-refractivity contribution in [2.45, 2.75) is 52.5 Å². The van der Waals surface area contributed by atoms with Crippen LogP contribution in [0.2, 0.25) is 0 Å². The first-order valence-electron chi connectivity index (χ1n) is 7.11. The van der Waals surface area contributed by atoms with E-state index in [2.05, 4.69) is 19.2 Å². The van der Waals surface area contributed by atoms with Gasteiger partial charge in [-0.05, 0) is 38.0 Å². The monoisotopic (exact) mass is 256 g/mol. The van der Waals surface area contributed by atoms with Crippen LogP contribution in [0.25, 0.3) is 0 Å². The molecule has 0 spiro atoms. The minimum Gasteiger partial charge on any atom is -0.396 e. The maximum atomic E-state index is 12.0. The quantitative estimate of drug-likeness (QED) is 0.655. The number of hydrogen-bond acceptors (Lipinski definition) is 3. The summed E-state index contributed by atoms with van der Waals surface area (Å²) in [4.78, 5) is 14.0. The molecule has 0 bridgehead atoms. The van der Waals surface area contributed by atoms with Crippen molar-refractivity contribution < 1.29 is 9.90 Å². The second-order valence-corrected chi connectivity index (χ2v) is 6.01. The molecule has 0 aromatic rings. The third-order valence-corrected chi connectivity index (χ3v) is 3.54. The van der Waals surface area contributed by atoms with Crippen molar-refractivity contribution in [1.82, 2.24) is 10.2 Å². The number of aliphatic hydroxyl groups excluding tert-OH is 1. The molecule has 0 aromatic heterocycles. The molecule has 0 radical (unpaired) electrons. The van der Waals surface area contributed by atoms with Gasteiger partial charge in [-0.15, -0.1) is 0 Å². The van der Waals surface area contributed by atoms with Crippen LogP contribution in [0.4, 0.5) is 0 Å². The normalized spacial score (nSPS) is 15.8. The van der Waals surface area contributed by atoms with Gasteiger partial charge in [0.05, 0.1) is 6.54 Å². The maximum absolute atomic E-state index is 12.0. The van der Waals surface area contributed by atoms with Crippen LogP contribution >= 0.6 is 0 Å². The molecule has 0 heterocycles. The zero-order valence-corrected chi connectivity index (χ0v) is 12.0. The van der Waals surface area contributed by atoms with Gasteiger partial charge in [0, 0.05) is 25.7 Å². The first kappa shape index (κ1) is 15.4. The highest BCUT2D eigenvalue weighted by Gasteiger charge is 2.31. The van der Waals surface area contributed by atoms with Crippen molar-refractivity contribution in [1.29, 1.82) is 0 Å². The van der Waals surface area contributed by atoms with E-state index in [0.29, 0.717) is 12.6 Å². The van der Waals surface area contributed by atoms with Gasteiger partial charge in [0.1, 0.15) is 0 Å². The molecule has 1 fully saturated rings. The number of carbonyl (C=O) groups is 1. The molecular formula is C14H28N2O2. The topological polar surface area (TPSA) is 52.6 Å². The lowest BCUT2D eigenvalue weighted by molar-refractivity contribution is -0.130. The van der Waals surface area contributed by atoms with Crippen LogP contribution in [-0.2, 0) is 4.79 Å². The van der Waals surface area contributed by atoms with E-state index in [0.717, 1.165) is 25.9 Å². The van der Waals surface area contributed by atoms with E-state index in [9.17, 15) is 4.79 Å². The number of amides is 1. The molecule has 1 aliphatic rings. The van der Waals surface area contributed by atoms with E-state index >= 15 is 0 Å². The Balaban J connectivity index is 2.21. The fourth-order valence-electron chi connectivity index (χ4n) is 2.28. The lowest BCUT2D eigenvalue weighted by atomic mass is 9.88. The van der Waals surface area contributed by atoms with E-state index in [4.69, 9.17) is 5.11 Å². The molecule has 0 saturated heterocycles. The van der Waals surface area contributed by atoms with Gasteiger partial charge in [-0.1, -0.05) is 13.8 Å². The van der Waals surface area contributed by atoms with Crippen molar-refractivity contribution in [2.24, 2.45) is 5.41 Å².